The first kappa shape index (κ1) is 12.0. The molecular weight excluding hydrogens is 192 g/mol. The van der Waals surface area contributed by atoms with E-state index in [9.17, 15) is 9.59 Å². The second kappa shape index (κ2) is 5.69. The average Bonchev–Trinajstić information content (AvgIpc) is 2.45. The summed E-state index contributed by atoms with van der Waals surface area (Å²) in [6.45, 7) is 4.16. The maximum Gasteiger partial charge on any atom is 0.321 e. The molecule has 0 aliphatic carbocycles. The molecule has 15 heavy (non-hydrogen) atoms. The third-order valence-electron chi connectivity index (χ3n) is 2.56. The maximum atomic E-state index is 11.2. The van der Waals surface area contributed by atoms with Crippen LogP contribution in [-0.2, 0) is 14.3 Å². The van der Waals surface area contributed by atoms with Crippen LogP contribution in [0.1, 0.15) is 46.0 Å². The highest BCUT2D eigenvalue weighted by Gasteiger charge is 2.31. The molecule has 0 N–H and O–H groups in total. The van der Waals surface area contributed by atoms with E-state index < -0.39 is 11.9 Å². The van der Waals surface area contributed by atoms with Crippen LogP contribution in [0.5, 0.6) is 0 Å². The molecule has 84 valence electrons. The fourth-order valence-electron chi connectivity index (χ4n) is 1.70. The molecule has 0 bridgehead atoms. The predicted molar refractivity (Wildman–Crippen MR) is 57.1 cm³/mol. The van der Waals surface area contributed by atoms with Crippen LogP contribution in [0.2, 0.25) is 0 Å². The van der Waals surface area contributed by atoms with E-state index in [1.807, 2.05) is 13.0 Å². The van der Waals surface area contributed by atoms with Gasteiger partial charge in [0.05, 0.1) is 12.3 Å². The smallest absolute Gasteiger partial charge is 0.321 e. The fourth-order valence-corrected chi connectivity index (χ4v) is 1.70. The number of hydrogen-bond donors (Lipinski definition) is 0. The SMILES string of the molecule is CCCCCC(C)=CC1CC(=O)OC1=O. The van der Waals surface area contributed by atoms with Gasteiger partial charge in [-0.05, 0) is 19.8 Å². The summed E-state index contributed by atoms with van der Waals surface area (Å²) < 4.78 is 4.48. The minimum Gasteiger partial charge on any atom is -0.393 e. The number of unbranched alkanes of at least 4 members (excludes halogenated alkanes) is 2. The maximum absolute atomic E-state index is 11.2. The van der Waals surface area contributed by atoms with Crippen molar-refractivity contribution >= 4 is 11.9 Å². The zero-order valence-electron chi connectivity index (χ0n) is 9.41. The van der Waals surface area contributed by atoms with E-state index in [4.69, 9.17) is 0 Å². The van der Waals surface area contributed by atoms with E-state index in [1.165, 1.54) is 18.4 Å². The summed E-state index contributed by atoms with van der Waals surface area (Å²) in [6, 6.07) is 0. The van der Waals surface area contributed by atoms with Crippen molar-refractivity contribution in [3.05, 3.63) is 11.6 Å². The molecule has 1 aliphatic heterocycles. The molecule has 0 aromatic heterocycles. The molecule has 0 aromatic carbocycles. The highest BCUT2D eigenvalue weighted by molar-refractivity contribution is 5.95. The van der Waals surface area contributed by atoms with Gasteiger partial charge in [-0.15, -0.1) is 0 Å². The number of hydrogen-bond acceptors (Lipinski definition) is 3. The van der Waals surface area contributed by atoms with Gasteiger partial charge in [-0.3, -0.25) is 9.59 Å². The van der Waals surface area contributed by atoms with Crippen LogP contribution in [0.15, 0.2) is 11.6 Å². The molecule has 1 saturated heterocycles. The zero-order valence-corrected chi connectivity index (χ0v) is 9.41. The van der Waals surface area contributed by atoms with E-state index in [-0.39, 0.29) is 12.3 Å². The molecule has 0 aromatic rings. The quantitative estimate of drug-likeness (QED) is 0.303. The molecule has 1 rings (SSSR count). The summed E-state index contributed by atoms with van der Waals surface area (Å²) >= 11 is 0. The van der Waals surface area contributed by atoms with E-state index in [0.29, 0.717) is 0 Å². The molecule has 0 spiro atoms. The van der Waals surface area contributed by atoms with Crippen LogP contribution in [0.4, 0.5) is 0 Å². The van der Waals surface area contributed by atoms with Gasteiger partial charge in [-0.1, -0.05) is 31.4 Å². The van der Waals surface area contributed by atoms with Gasteiger partial charge in [0.25, 0.3) is 0 Å². The Kier molecular flexibility index (Phi) is 4.53. The van der Waals surface area contributed by atoms with Gasteiger partial charge in [0.1, 0.15) is 0 Å². The third kappa shape index (κ3) is 3.86. The Labute approximate surface area is 90.5 Å². The molecule has 1 fully saturated rings. The van der Waals surface area contributed by atoms with Gasteiger partial charge >= 0.3 is 11.9 Å². The summed E-state index contributed by atoms with van der Waals surface area (Å²) in [5.41, 5.74) is 1.18. The van der Waals surface area contributed by atoms with Crippen molar-refractivity contribution < 1.29 is 14.3 Å². The van der Waals surface area contributed by atoms with E-state index in [2.05, 4.69) is 11.7 Å². The van der Waals surface area contributed by atoms with E-state index >= 15 is 0 Å². The predicted octanol–water partition coefficient (Wildman–Crippen LogP) is 2.60. The molecule has 0 amide bonds. The average molecular weight is 210 g/mol. The van der Waals surface area contributed by atoms with Crippen molar-refractivity contribution in [2.45, 2.75) is 46.0 Å². The lowest BCUT2D eigenvalue weighted by atomic mass is 10.0. The number of carbonyl (C=O) groups is 2. The minimum atomic E-state index is -0.400. The normalized spacial score (nSPS) is 22.0. The lowest BCUT2D eigenvalue weighted by molar-refractivity contribution is -0.152. The van der Waals surface area contributed by atoms with Crippen molar-refractivity contribution in [1.29, 1.82) is 0 Å². The zero-order chi connectivity index (χ0) is 11.3. The monoisotopic (exact) mass is 210 g/mol. The Hall–Kier alpha value is -1.12. The molecule has 1 unspecified atom stereocenters. The Balaban J connectivity index is 2.40. The lowest BCUT2D eigenvalue weighted by Crippen LogP contribution is -2.04. The second-order valence-corrected chi connectivity index (χ2v) is 4.07. The van der Waals surface area contributed by atoms with E-state index in [1.54, 1.807) is 0 Å². The molecule has 3 heteroatoms. The first-order valence-corrected chi connectivity index (χ1v) is 5.55. The van der Waals surface area contributed by atoms with Gasteiger partial charge in [0.15, 0.2) is 0 Å². The van der Waals surface area contributed by atoms with E-state index in [0.717, 1.165) is 12.8 Å². The number of rotatable bonds is 5. The molecule has 1 aliphatic rings. The summed E-state index contributed by atoms with van der Waals surface area (Å²) in [7, 11) is 0. The number of cyclic esters (lactones) is 2. The third-order valence-corrected chi connectivity index (χ3v) is 2.56. The minimum absolute atomic E-state index is 0.212. The highest BCUT2D eigenvalue weighted by Crippen LogP contribution is 2.20. The van der Waals surface area contributed by atoms with Crippen molar-refractivity contribution in [3.63, 3.8) is 0 Å². The van der Waals surface area contributed by atoms with Crippen molar-refractivity contribution in [2.75, 3.05) is 0 Å². The van der Waals surface area contributed by atoms with Gasteiger partial charge in [-0.2, -0.15) is 0 Å². The largest absolute Gasteiger partial charge is 0.393 e. The topological polar surface area (TPSA) is 43.4 Å². The van der Waals surface area contributed by atoms with Gasteiger partial charge in [-0.25, -0.2) is 0 Å². The van der Waals surface area contributed by atoms with Gasteiger partial charge in [0.2, 0.25) is 0 Å². The lowest BCUT2D eigenvalue weighted by Gasteiger charge is -2.02. The van der Waals surface area contributed by atoms with Crippen LogP contribution >= 0.6 is 0 Å². The molecule has 0 radical (unpaired) electrons. The molecule has 3 nitrogen and oxygen atoms in total. The first-order valence-electron chi connectivity index (χ1n) is 5.55. The van der Waals surface area contributed by atoms with Gasteiger partial charge < -0.3 is 4.74 Å². The second-order valence-electron chi connectivity index (χ2n) is 4.07. The van der Waals surface area contributed by atoms with Crippen LogP contribution in [-0.4, -0.2) is 11.9 Å². The van der Waals surface area contributed by atoms with Crippen LogP contribution in [0, 0.1) is 5.92 Å². The Morgan fingerprint density at radius 2 is 2.20 bits per heavy atom. The highest BCUT2D eigenvalue weighted by atomic mass is 16.6. The van der Waals surface area contributed by atoms with Crippen molar-refractivity contribution in [2.24, 2.45) is 5.92 Å². The summed E-state index contributed by atoms with van der Waals surface area (Å²) in [5, 5.41) is 0. The molecule has 1 heterocycles. The Morgan fingerprint density at radius 3 is 2.73 bits per heavy atom. The number of esters is 2. The summed E-state index contributed by atoms with van der Waals surface area (Å²) in [4.78, 5) is 22.0. The molecule has 1 atom stereocenters. The van der Waals surface area contributed by atoms with Crippen molar-refractivity contribution in [1.82, 2.24) is 0 Å². The Morgan fingerprint density at radius 1 is 1.47 bits per heavy atom. The molecule has 0 saturated carbocycles. The Bertz CT molecular complexity index is 279. The van der Waals surface area contributed by atoms with Crippen molar-refractivity contribution in [3.8, 4) is 0 Å². The van der Waals surface area contributed by atoms with Crippen LogP contribution in [0.3, 0.4) is 0 Å². The fraction of sp³-hybridized carbons (Fsp3) is 0.667. The van der Waals surface area contributed by atoms with Crippen LogP contribution < -0.4 is 0 Å². The summed E-state index contributed by atoms with van der Waals surface area (Å²) in [6.07, 6.45) is 6.64. The number of ether oxygens (including phenoxy) is 1. The van der Waals surface area contributed by atoms with Gasteiger partial charge in [0, 0.05) is 0 Å². The summed E-state index contributed by atoms with van der Waals surface area (Å²) in [5.74, 6) is -1.13. The van der Waals surface area contributed by atoms with Crippen LogP contribution in [0.25, 0.3) is 0 Å². The molecular formula is C12H18O3. The number of allylic oxidation sites excluding steroid dienone is 1. The number of carbonyl (C=O) groups excluding carboxylic acids is 2. The first-order chi connectivity index (χ1) is 7.13. The standard InChI is InChI=1S/C12H18O3/c1-3-4-5-6-9(2)7-10-8-11(13)15-12(10)14/h7,10H,3-6,8H2,1-2H3.